The fourth-order valence-electron chi connectivity index (χ4n) is 3.61. The summed E-state index contributed by atoms with van der Waals surface area (Å²) in [6.07, 6.45) is 4.71. The van der Waals surface area contributed by atoms with Crippen LogP contribution in [0.15, 0.2) is 63.9 Å². The Morgan fingerprint density at radius 2 is 1.97 bits per heavy atom. The summed E-state index contributed by atoms with van der Waals surface area (Å²) in [4.78, 5) is 12.5. The summed E-state index contributed by atoms with van der Waals surface area (Å²) >= 11 is 0. The molecule has 0 atom stereocenters. The first-order chi connectivity index (χ1) is 15.0. The van der Waals surface area contributed by atoms with Gasteiger partial charge in [-0.1, -0.05) is 35.0 Å². The molecular formula is C25H24N2O4. The molecule has 0 fully saturated rings. The second-order valence-electron chi connectivity index (χ2n) is 7.40. The monoisotopic (exact) mass is 416 g/mol. The minimum atomic E-state index is -0.294. The number of rotatable bonds is 6. The van der Waals surface area contributed by atoms with Crippen LogP contribution in [0.3, 0.4) is 0 Å². The number of aromatic nitrogens is 1. The van der Waals surface area contributed by atoms with Crippen molar-refractivity contribution in [2.45, 2.75) is 27.7 Å². The molecule has 0 spiro atoms. The van der Waals surface area contributed by atoms with E-state index >= 15 is 0 Å². The highest BCUT2D eigenvalue weighted by atomic mass is 16.5. The number of hydrogen-bond donors (Lipinski definition) is 1. The largest absolute Gasteiger partial charge is 0.493 e. The van der Waals surface area contributed by atoms with Crippen LogP contribution >= 0.6 is 0 Å². The first kappa shape index (κ1) is 20.5. The van der Waals surface area contributed by atoms with Crippen LogP contribution in [-0.4, -0.2) is 17.7 Å². The number of nitrogens with zero attached hydrogens (tertiary/aromatic N) is 1. The molecule has 6 heteroatoms. The standard InChI is InChI=1S/C25H24N2O4/c1-5-29-24-17(4)25-20(21(14-30-25)18-8-6-15(2)7-9-18)13-19(24)16(3)12-23(28)26-22-10-11-31-27-22/h6-14H,5H2,1-4H3,(H,26,27,28)/b16-12+. The van der Waals surface area contributed by atoms with E-state index in [4.69, 9.17) is 13.7 Å². The van der Waals surface area contributed by atoms with Gasteiger partial charge < -0.3 is 19.0 Å². The minimum absolute atomic E-state index is 0.294. The van der Waals surface area contributed by atoms with Crippen molar-refractivity contribution in [2.75, 3.05) is 11.9 Å². The lowest BCUT2D eigenvalue weighted by molar-refractivity contribution is -0.111. The number of furan rings is 1. The summed E-state index contributed by atoms with van der Waals surface area (Å²) in [6, 6.07) is 11.9. The molecule has 0 saturated carbocycles. The van der Waals surface area contributed by atoms with Crippen molar-refractivity contribution in [2.24, 2.45) is 0 Å². The number of amides is 1. The van der Waals surface area contributed by atoms with Crippen molar-refractivity contribution < 1.29 is 18.5 Å². The highest BCUT2D eigenvalue weighted by Crippen LogP contribution is 2.40. The number of nitrogens with one attached hydrogen (secondary N) is 1. The fraction of sp³-hybridized carbons (Fsp3) is 0.200. The maximum Gasteiger partial charge on any atom is 0.249 e. The first-order valence-corrected chi connectivity index (χ1v) is 10.1. The Morgan fingerprint density at radius 3 is 2.65 bits per heavy atom. The number of allylic oxidation sites excluding steroid dienone is 1. The second kappa shape index (κ2) is 8.52. The summed E-state index contributed by atoms with van der Waals surface area (Å²) in [5.74, 6) is 0.780. The summed E-state index contributed by atoms with van der Waals surface area (Å²) in [6.45, 7) is 8.36. The molecule has 31 heavy (non-hydrogen) atoms. The lowest BCUT2D eigenvalue weighted by Gasteiger charge is -2.15. The zero-order valence-electron chi connectivity index (χ0n) is 18.0. The van der Waals surface area contributed by atoms with Crippen LogP contribution < -0.4 is 10.1 Å². The average Bonchev–Trinajstić information content (AvgIpc) is 3.40. The maximum absolute atomic E-state index is 12.5. The first-order valence-electron chi connectivity index (χ1n) is 10.1. The molecule has 0 unspecified atom stereocenters. The van der Waals surface area contributed by atoms with Crippen LogP contribution in [0.4, 0.5) is 5.82 Å². The number of ether oxygens (including phenoxy) is 1. The van der Waals surface area contributed by atoms with Crippen molar-refractivity contribution in [3.8, 4) is 16.9 Å². The fourth-order valence-corrected chi connectivity index (χ4v) is 3.61. The predicted octanol–water partition coefficient (Wildman–Crippen LogP) is 6.15. The molecule has 0 radical (unpaired) electrons. The Kier molecular flexibility index (Phi) is 5.62. The van der Waals surface area contributed by atoms with E-state index in [-0.39, 0.29) is 5.91 Å². The Labute approximate surface area is 180 Å². The van der Waals surface area contributed by atoms with Crippen LogP contribution in [0.2, 0.25) is 0 Å². The van der Waals surface area contributed by atoms with Crippen molar-refractivity contribution in [1.29, 1.82) is 0 Å². The van der Waals surface area contributed by atoms with Crippen LogP contribution in [0.25, 0.3) is 27.7 Å². The van der Waals surface area contributed by atoms with E-state index in [1.54, 1.807) is 12.3 Å². The number of aryl methyl sites for hydroxylation is 2. The lowest BCUT2D eigenvalue weighted by Crippen LogP contribution is -2.09. The zero-order chi connectivity index (χ0) is 22.0. The molecule has 158 valence electrons. The van der Waals surface area contributed by atoms with E-state index in [1.807, 2.05) is 26.8 Å². The smallest absolute Gasteiger partial charge is 0.249 e. The van der Waals surface area contributed by atoms with Crippen molar-refractivity contribution in [3.63, 3.8) is 0 Å². The molecular weight excluding hydrogens is 392 g/mol. The molecule has 0 bridgehead atoms. The second-order valence-corrected chi connectivity index (χ2v) is 7.40. The molecule has 6 nitrogen and oxygen atoms in total. The van der Waals surface area contributed by atoms with E-state index in [0.717, 1.165) is 38.8 Å². The van der Waals surface area contributed by atoms with Gasteiger partial charge in [-0.05, 0) is 44.9 Å². The number of anilines is 1. The van der Waals surface area contributed by atoms with Gasteiger partial charge >= 0.3 is 0 Å². The Balaban J connectivity index is 1.81. The highest BCUT2D eigenvalue weighted by molar-refractivity contribution is 6.05. The summed E-state index contributed by atoms with van der Waals surface area (Å²) in [5, 5.41) is 7.37. The van der Waals surface area contributed by atoms with E-state index in [0.29, 0.717) is 18.2 Å². The van der Waals surface area contributed by atoms with Gasteiger partial charge in [-0.25, -0.2) is 0 Å². The van der Waals surface area contributed by atoms with Gasteiger partial charge in [-0.2, -0.15) is 0 Å². The van der Waals surface area contributed by atoms with Crippen LogP contribution in [0.1, 0.15) is 30.5 Å². The molecule has 2 aromatic carbocycles. The Hall–Kier alpha value is -3.80. The Morgan fingerprint density at radius 1 is 1.19 bits per heavy atom. The van der Waals surface area contributed by atoms with Crippen LogP contribution in [0.5, 0.6) is 5.75 Å². The summed E-state index contributed by atoms with van der Waals surface area (Å²) in [7, 11) is 0. The molecule has 0 aliphatic heterocycles. The number of hydrogen-bond acceptors (Lipinski definition) is 5. The number of fused-ring (bicyclic) bond motifs is 1. The Bertz CT molecular complexity index is 1250. The third kappa shape index (κ3) is 4.10. The van der Waals surface area contributed by atoms with Crippen molar-refractivity contribution in [1.82, 2.24) is 5.16 Å². The third-order valence-corrected chi connectivity index (χ3v) is 5.16. The topological polar surface area (TPSA) is 77.5 Å². The van der Waals surface area contributed by atoms with E-state index in [9.17, 15) is 4.79 Å². The summed E-state index contributed by atoms with van der Waals surface area (Å²) < 4.78 is 16.7. The number of carbonyl (C=O) groups excluding carboxylic acids is 1. The third-order valence-electron chi connectivity index (χ3n) is 5.16. The van der Waals surface area contributed by atoms with Gasteiger partial charge in [0.2, 0.25) is 5.91 Å². The van der Waals surface area contributed by atoms with Gasteiger partial charge in [0.25, 0.3) is 0 Å². The average molecular weight is 416 g/mol. The molecule has 1 N–H and O–H groups in total. The van der Waals surface area contributed by atoms with Gasteiger partial charge in [0, 0.05) is 34.2 Å². The maximum atomic E-state index is 12.5. The SMILES string of the molecule is CCOc1c(/C(C)=C/C(=O)Nc2ccon2)cc2c(-c3ccc(C)cc3)coc2c1C. The van der Waals surface area contributed by atoms with Gasteiger partial charge in [-0.15, -0.1) is 0 Å². The van der Waals surface area contributed by atoms with Crippen molar-refractivity contribution >= 4 is 28.3 Å². The van der Waals surface area contributed by atoms with Crippen molar-refractivity contribution in [3.05, 3.63) is 71.7 Å². The number of benzene rings is 2. The van der Waals surface area contributed by atoms with Crippen LogP contribution in [0, 0.1) is 13.8 Å². The van der Waals surface area contributed by atoms with Gasteiger partial charge in [0.15, 0.2) is 5.82 Å². The minimum Gasteiger partial charge on any atom is -0.493 e. The molecule has 0 saturated heterocycles. The molecule has 2 aromatic heterocycles. The molecule has 1 amide bonds. The van der Waals surface area contributed by atoms with E-state index in [2.05, 4.69) is 41.7 Å². The predicted molar refractivity (Wildman–Crippen MR) is 121 cm³/mol. The molecule has 2 heterocycles. The van der Waals surface area contributed by atoms with Crippen LogP contribution in [-0.2, 0) is 4.79 Å². The highest BCUT2D eigenvalue weighted by Gasteiger charge is 2.19. The van der Waals surface area contributed by atoms with Gasteiger partial charge in [0.1, 0.15) is 17.6 Å². The van der Waals surface area contributed by atoms with Gasteiger partial charge in [0.05, 0.1) is 12.9 Å². The molecule has 4 rings (SSSR count). The molecule has 0 aliphatic rings. The molecule has 4 aromatic rings. The lowest BCUT2D eigenvalue weighted by atomic mass is 9.96. The normalized spacial score (nSPS) is 11.7. The summed E-state index contributed by atoms with van der Waals surface area (Å²) in [5.41, 5.74) is 6.57. The van der Waals surface area contributed by atoms with Gasteiger partial charge in [-0.3, -0.25) is 4.79 Å². The van der Waals surface area contributed by atoms with E-state index in [1.165, 1.54) is 17.9 Å². The van der Waals surface area contributed by atoms with E-state index < -0.39 is 0 Å². The zero-order valence-corrected chi connectivity index (χ0v) is 18.0. The number of carbonyl (C=O) groups is 1. The molecule has 0 aliphatic carbocycles. The quantitative estimate of drug-likeness (QED) is 0.382.